The molecule has 0 aliphatic rings. The summed E-state index contributed by atoms with van der Waals surface area (Å²) >= 11 is 0. The molecule has 0 saturated heterocycles. The van der Waals surface area contributed by atoms with Crippen molar-refractivity contribution in [2.45, 2.75) is 44.1 Å². The maximum absolute atomic E-state index is 11.4. The number of rotatable bonds is 8. The van der Waals surface area contributed by atoms with Gasteiger partial charge >= 0.3 is 61.1 Å². The molecule has 57 heteroatoms. The molecule has 24 nitrogen and oxygen atoms in total. The molecule has 2 aromatic rings. The molecule has 73 heavy (non-hydrogen) atoms. The van der Waals surface area contributed by atoms with Gasteiger partial charge in [0, 0.05) is 0 Å². The molecule has 0 atom stereocenters. The van der Waals surface area contributed by atoms with E-state index in [9.17, 15) is 173 Å². The molecule has 0 saturated carbocycles. The Morgan fingerprint density at radius 1 is 0.288 bits per heavy atom. The maximum Gasteiger partial charge on any atom is 2.00 e. The van der Waals surface area contributed by atoms with Gasteiger partial charge < -0.3 is 16.5 Å². The molecule has 2 aromatic heterocycles. The fraction of sp³-hybridized carbons (Fsp3) is 0.625. The Morgan fingerprint density at radius 3 is 0.438 bits per heavy atom. The van der Waals surface area contributed by atoms with E-state index in [1.54, 1.807) is 0 Å². The predicted molar refractivity (Wildman–Crippen MR) is 177 cm³/mol. The van der Waals surface area contributed by atoms with Crippen LogP contribution in [0.2, 0.25) is 0 Å². The summed E-state index contributed by atoms with van der Waals surface area (Å²) in [6, 6.07) is 0. The summed E-state index contributed by atoms with van der Waals surface area (Å²) in [5.41, 5.74) is -49.6. The minimum Gasteiger partial charge on any atom is -0.421 e. The van der Waals surface area contributed by atoms with Gasteiger partial charge in [-0.05, 0) is 0 Å². The van der Waals surface area contributed by atoms with Crippen LogP contribution in [0.25, 0.3) is 16.5 Å². The number of nitrogens with zero attached hydrogens (tertiary/aromatic N) is 6. The number of H-pyrrole nitrogens is 2. The Balaban J connectivity index is -0.000000259. The fourth-order valence-electron chi connectivity index (χ4n) is 1.58. The van der Waals surface area contributed by atoms with Gasteiger partial charge in [-0.3, -0.25) is 9.97 Å². The van der Waals surface area contributed by atoms with E-state index in [1.165, 1.54) is 0 Å². The van der Waals surface area contributed by atoms with Crippen LogP contribution >= 0.6 is 0 Å². The van der Waals surface area contributed by atoms with Gasteiger partial charge in [0.25, 0.3) is 0 Å². The number of imidazole rings is 2. The minimum absolute atomic E-state index is 0. The molecular formula is C16H14CuF24N8O16S8. The molecule has 0 bridgehead atoms. The fourth-order valence-corrected chi connectivity index (χ4v) is 8.42. The molecule has 0 amide bonds. The van der Waals surface area contributed by atoms with Crippen molar-refractivity contribution >= 4 is 80.2 Å². The quantitative estimate of drug-likeness (QED) is 0.215. The zero-order valence-electron chi connectivity index (χ0n) is 32.3. The predicted octanol–water partition coefficient (Wildman–Crippen LogP) is 3.91. The van der Waals surface area contributed by atoms with Crippen molar-refractivity contribution in [2.75, 3.05) is 0 Å². The second kappa shape index (κ2) is 25.7. The summed E-state index contributed by atoms with van der Waals surface area (Å²) in [5.74, 6) is 0. The molecule has 0 fully saturated rings. The second-order valence-corrected chi connectivity index (χ2v) is 23.9. The van der Waals surface area contributed by atoms with Gasteiger partial charge in [-0.1, -0.05) is 0 Å². The Labute approximate surface area is 399 Å². The number of hydrogen-bond donors (Lipinski definition) is 2. The van der Waals surface area contributed by atoms with E-state index >= 15 is 0 Å². The third kappa shape index (κ3) is 26.8. The summed E-state index contributed by atoms with van der Waals surface area (Å²) in [6.07, 6.45) is 11.4. The molecule has 0 aliphatic carbocycles. The monoisotopic (exact) mass is 1350 g/mol. The first kappa shape index (κ1) is 78.6. The number of hydrogen-bond acceptors (Lipinski definition) is 16. The van der Waals surface area contributed by atoms with Gasteiger partial charge in [-0.2, -0.15) is 105 Å². The van der Waals surface area contributed by atoms with Crippen LogP contribution in [0, 0.1) is 0 Å². The van der Waals surface area contributed by atoms with Crippen molar-refractivity contribution in [1.82, 2.24) is 9.97 Å². The van der Waals surface area contributed by atoms with E-state index < -0.39 is 124 Å². The number of aryl methyl sites for hydroxylation is 2. The van der Waals surface area contributed by atoms with Crippen LogP contribution in [0.15, 0.2) is 37.4 Å². The number of aromatic nitrogens is 4. The van der Waals surface area contributed by atoms with Gasteiger partial charge in [0.15, 0.2) is 80.2 Å². The molecule has 2 heterocycles. The van der Waals surface area contributed by atoms with Gasteiger partial charge in [0.1, 0.15) is 24.8 Å². The van der Waals surface area contributed by atoms with E-state index in [2.05, 4.69) is 9.97 Å². The van der Waals surface area contributed by atoms with Crippen molar-refractivity contribution in [2.24, 2.45) is 14.1 Å². The smallest absolute Gasteiger partial charge is 0.421 e. The Bertz CT molecular complexity index is 2420. The van der Waals surface area contributed by atoms with Gasteiger partial charge in [-0.25, -0.2) is 76.5 Å². The van der Waals surface area contributed by atoms with E-state index in [0.717, 1.165) is 16.5 Å². The Hall–Kier alpha value is -3.30. The average molecular weight is 1350 g/mol. The molecule has 2 rings (SSSR count). The third-order valence-electron chi connectivity index (χ3n) is 4.49. The molecule has 0 aliphatic heterocycles. The van der Waals surface area contributed by atoms with Crippen molar-refractivity contribution in [3.63, 3.8) is 0 Å². The molecule has 0 unspecified atom stereocenters. The van der Waals surface area contributed by atoms with Crippen molar-refractivity contribution in [3.05, 3.63) is 54.0 Å². The minimum atomic E-state index is -6.72. The van der Waals surface area contributed by atoms with Crippen LogP contribution < -0.4 is 9.13 Å². The van der Waals surface area contributed by atoms with E-state index in [4.69, 9.17) is 0 Å². The number of aromatic amines is 2. The summed E-state index contributed by atoms with van der Waals surface area (Å²) in [6.45, 7) is 0. The first-order chi connectivity index (χ1) is 30.6. The van der Waals surface area contributed by atoms with E-state index in [1.807, 2.05) is 60.7 Å². The standard InChI is InChI=1S/2C4H6N2.4C2F6NO4S2.Cu/c2*1-6-3-2-5-4-6;4*3-1(4,5)14(10,11)9-15(12,13)2(6,7)8;/h2*2-4H,1H3;;;;;/q;;4*-1;+2/p+2. The topological polar surface area (TPSA) is 369 Å². The molecule has 0 aromatic carbocycles. The zero-order valence-corrected chi connectivity index (χ0v) is 39.8. The third-order valence-corrected chi connectivity index (χ3v) is 15.5. The van der Waals surface area contributed by atoms with Crippen molar-refractivity contribution < 1.29 is 199 Å². The van der Waals surface area contributed by atoms with Gasteiger partial charge in [0.05, 0.1) is 14.1 Å². The van der Waals surface area contributed by atoms with Crippen LogP contribution in [-0.2, 0) is 111 Å². The number of halogens is 24. The van der Waals surface area contributed by atoms with Crippen LogP contribution in [0.4, 0.5) is 105 Å². The normalized spacial score (nSPS) is 14.1. The first-order valence-electron chi connectivity index (χ1n) is 14.0. The van der Waals surface area contributed by atoms with Gasteiger partial charge in [0.2, 0.25) is 12.7 Å². The van der Waals surface area contributed by atoms with Crippen LogP contribution in [0.1, 0.15) is 0 Å². The molecule has 2 N–H and O–H groups in total. The molecular weight excluding hydrogens is 1340 g/mol. The maximum atomic E-state index is 11.4. The van der Waals surface area contributed by atoms with E-state index in [0.29, 0.717) is 0 Å². The first-order valence-corrected chi connectivity index (χ1v) is 25.6. The number of sulfonamides is 8. The number of nitrogens with one attached hydrogen (secondary N) is 2. The zero-order chi connectivity index (χ0) is 59.6. The SMILES string of the molecule is C[n+]1cc[nH]c1.C[n+]1cc[nH]c1.O=S(=O)([N-]S(=O)(=O)C(F)(F)F)C(F)(F)F.O=S(=O)([N-]S(=O)(=O)C(F)(F)F)C(F)(F)F.O=S(=O)([N-]S(=O)(=O)C(F)(F)F)C(F)(F)F.O=S(=O)([N-]S(=O)(=O)C(F)(F)F)C(F)(F)F.[Cu+2]. The second-order valence-electron chi connectivity index (χ2n) is 10.2. The summed E-state index contributed by atoms with van der Waals surface area (Å²) in [4.78, 5) is 5.78. The molecule has 0 spiro atoms. The summed E-state index contributed by atoms with van der Waals surface area (Å²) in [5, 5.41) is 0. The van der Waals surface area contributed by atoms with Crippen molar-refractivity contribution in [1.29, 1.82) is 0 Å². The van der Waals surface area contributed by atoms with Crippen molar-refractivity contribution in [3.8, 4) is 0 Å². The average Bonchev–Trinajstić information content (AvgIpc) is 3.73. The Morgan fingerprint density at radius 2 is 0.397 bits per heavy atom. The van der Waals surface area contributed by atoms with Crippen LogP contribution in [0.5, 0.6) is 0 Å². The van der Waals surface area contributed by atoms with Gasteiger partial charge in [-0.15, -0.1) is 0 Å². The van der Waals surface area contributed by atoms with E-state index in [-0.39, 0.29) is 17.1 Å². The Kier molecular flexibility index (Phi) is 27.7. The van der Waals surface area contributed by atoms with Crippen LogP contribution in [-0.4, -0.2) is 121 Å². The largest absolute Gasteiger partial charge is 2.00 e. The molecule has 441 valence electrons. The summed E-state index contributed by atoms with van der Waals surface area (Å²) < 4.78 is 441. The number of alkyl halides is 24. The van der Waals surface area contributed by atoms with Crippen LogP contribution in [0.3, 0.4) is 0 Å². The summed E-state index contributed by atoms with van der Waals surface area (Å²) in [7, 11) is -49.8. The molecule has 1 radical (unpaired) electrons.